The number of rotatable bonds is 7. The molecule has 0 aliphatic carbocycles. The van der Waals surface area contributed by atoms with Crippen molar-refractivity contribution < 1.29 is 19.0 Å². The number of hydrogen-bond donors (Lipinski definition) is 1. The predicted molar refractivity (Wildman–Crippen MR) is 89.5 cm³/mol. The first kappa shape index (κ1) is 16.7. The van der Waals surface area contributed by atoms with E-state index in [4.69, 9.17) is 14.2 Å². The Labute approximate surface area is 136 Å². The number of carbonyl (C=O) groups excluding carboxylic acids is 1. The second kappa shape index (κ2) is 8.08. The Hall–Kier alpha value is -2.69. The molecule has 0 radical (unpaired) electrons. The summed E-state index contributed by atoms with van der Waals surface area (Å²) in [4.78, 5) is 12.1. The molecular formula is C18H21NO4. The molecule has 0 aliphatic heterocycles. The number of benzene rings is 2. The van der Waals surface area contributed by atoms with Crippen LogP contribution in [0.5, 0.6) is 17.2 Å². The summed E-state index contributed by atoms with van der Waals surface area (Å²) >= 11 is 0. The minimum absolute atomic E-state index is 0.0633. The highest BCUT2D eigenvalue weighted by Crippen LogP contribution is 2.29. The molecule has 5 nitrogen and oxygen atoms in total. The van der Waals surface area contributed by atoms with Gasteiger partial charge in [0.15, 0.2) is 6.61 Å². The van der Waals surface area contributed by atoms with Gasteiger partial charge in [-0.2, -0.15) is 0 Å². The van der Waals surface area contributed by atoms with E-state index in [1.807, 2.05) is 31.2 Å². The number of methoxy groups -OCH3 is 2. The lowest BCUT2D eigenvalue weighted by Gasteiger charge is -2.13. The third kappa shape index (κ3) is 4.39. The summed E-state index contributed by atoms with van der Waals surface area (Å²) in [6.07, 6.45) is 0.851. The van der Waals surface area contributed by atoms with E-state index in [1.54, 1.807) is 32.4 Å². The number of aryl methyl sites for hydroxylation is 1. The van der Waals surface area contributed by atoms with Crippen molar-refractivity contribution in [2.24, 2.45) is 0 Å². The molecule has 23 heavy (non-hydrogen) atoms. The van der Waals surface area contributed by atoms with Crippen molar-refractivity contribution in [3.63, 3.8) is 0 Å². The molecule has 122 valence electrons. The highest BCUT2D eigenvalue weighted by molar-refractivity contribution is 5.93. The molecule has 1 N–H and O–H groups in total. The van der Waals surface area contributed by atoms with Crippen molar-refractivity contribution in [1.29, 1.82) is 0 Å². The predicted octanol–water partition coefficient (Wildman–Crippen LogP) is 3.28. The summed E-state index contributed by atoms with van der Waals surface area (Å²) in [6, 6.07) is 12.9. The molecule has 0 heterocycles. The van der Waals surface area contributed by atoms with Crippen molar-refractivity contribution >= 4 is 11.6 Å². The number of ether oxygens (including phenoxy) is 3. The Morgan fingerprint density at radius 2 is 1.83 bits per heavy atom. The molecule has 1 amide bonds. The van der Waals surface area contributed by atoms with Crippen LogP contribution < -0.4 is 19.5 Å². The topological polar surface area (TPSA) is 56.8 Å². The molecule has 0 atom stereocenters. The van der Waals surface area contributed by atoms with Gasteiger partial charge in [-0.25, -0.2) is 0 Å². The van der Waals surface area contributed by atoms with E-state index in [9.17, 15) is 4.79 Å². The van der Waals surface area contributed by atoms with Crippen LogP contribution in [-0.4, -0.2) is 26.7 Å². The molecular weight excluding hydrogens is 294 g/mol. The largest absolute Gasteiger partial charge is 0.497 e. The molecule has 0 aromatic heterocycles. The lowest BCUT2D eigenvalue weighted by atomic mass is 10.1. The zero-order chi connectivity index (χ0) is 16.7. The molecule has 0 unspecified atom stereocenters. The van der Waals surface area contributed by atoms with Crippen LogP contribution >= 0.6 is 0 Å². The monoisotopic (exact) mass is 315 g/mol. The standard InChI is InChI=1S/C18H21NO4/c1-4-13-7-5-6-8-16(13)23-12-18(20)19-15-10-9-14(21-2)11-17(15)22-3/h5-11H,4,12H2,1-3H3,(H,19,20). The molecule has 0 aliphatic rings. The Morgan fingerprint density at radius 3 is 2.52 bits per heavy atom. The fraction of sp³-hybridized carbons (Fsp3) is 0.278. The van der Waals surface area contributed by atoms with E-state index in [2.05, 4.69) is 5.32 Å². The summed E-state index contributed by atoms with van der Waals surface area (Å²) in [5, 5.41) is 2.78. The first-order valence-electron chi connectivity index (χ1n) is 7.40. The normalized spacial score (nSPS) is 10.0. The highest BCUT2D eigenvalue weighted by atomic mass is 16.5. The lowest BCUT2D eigenvalue weighted by Crippen LogP contribution is -2.20. The van der Waals surface area contributed by atoms with Crippen LogP contribution in [0.1, 0.15) is 12.5 Å². The van der Waals surface area contributed by atoms with E-state index in [0.29, 0.717) is 17.2 Å². The maximum absolute atomic E-state index is 12.1. The van der Waals surface area contributed by atoms with Crippen LogP contribution in [0, 0.1) is 0 Å². The average molecular weight is 315 g/mol. The van der Waals surface area contributed by atoms with Gasteiger partial charge in [0.05, 0.1) is 19.9 Å². The third-order valence-corrected chi connectivity index (χ3v) is 3.40. The van der Waals surface area contributed by atoms with Crippen molar-refractivity contribution in [2.75, 3.05) is 26.1 Å². The van der Waals surface area contributed by atoms with Crippen molar-refractivity contribution in [1.82, 2.24) is 0 Å². The van der Waals surface area contributed by atoms with E-state index in [0.717, 1.165) is 17.7 Å². The van der Waals surface area contributed by atoms with Crippen LogP contribution in [-0.2, 0) is 11.2 Å². The number of para-hydroxylation sites is 1. The van der Waals surface area contributed by atoms with E-state index >= 15 is 0 Å². The molecule has 2 aromatic carbocycles. The fourth-order valence-electron chi connectivity index (χ4n) is 2.17. The first-order chi connectivity index (χ1) is 11.2. The number of nitrogens with one attached hydrogen (secondary N) is 1. The van der Waals surface area contributed by atoms with Gasteiger partial charge < -0.3 is 19.5 Å². The number of amides is 1. The number of carbonyl (C=O) groups is 1. The smallest absolute Gasteiger partial charge is 0.262 e. The maximum Gasteiger partial charge on any atom is 0.262 e. The summed E-state index contributed by atoms with van der Waals surface area (Å²) < 4.78 is 16.0. The Bertz CT molecular complexity index is 670. The van der Waals surface area contributed by atoms with Gasteiger partial charge in [0.25, 0.3) is 5.91 Å². The quantitative estimate of drug-likeness (QED) is 0.852. The second-order valence-corrected chi connectivity index (χ2v) is 4.86. The van der Waals surface area contributed by atoms with E-state index in [-0.39, 0.29) is 12.5 Å². The Kier molecular flexibility index (Phi) is 5.86. The van der Waals surface area contributed by atoms with Crippen molar-refractivity contribution in [3.8, 4) is 17.2 Å². The molecule has 5 heteroatoms. The summed E-state index contributed by atoms with van der Waals surface area (Å²) in [5.74, 6) is 1.67. The molecule has 0 bridgehead atoms. The van der Waals surface area contributed by atoms with Crippen LogP contribution in [0.2, 0.25) is 0 Å². The van der Waals surface area contributed by atoms with Gasteiger partial charge in [-0.05, 0) is 30.2 Å². The van der Waals surface area contributed by atoms with Crippen LogP contribution in [0.25, 0.3) is 0 Å². The number of hydrogen-bond acceptors (Lipinski definition) is 4. The summed E-state index contributed by atoms with van der Waals surface area (Å²) in [5.41, 5.74) is 1.65. The molecule has 0 fully saturated rings. The summed E-state index contributed by atoms with van der Waals surface area (Å²) in [7, 11) is 3.12. The molecule has 0 spiro atoms. The molecule has 0 saturated carbocycles. The zero-order valence-corrected chi connectivity index (χ0v) is 13.6. The van der Waals surface area contributed by atoms with E-state index in [1.165, 1.54) is 0 Å². The van der Waals surface area contributed by atoms with Gasteiger partial charge in [-0.1, -0.05) is 25.1 Å². The fourth-order valence-corrected chi connectivity index (χ4v) is 2.17. The first-order valence-corrected chi connectivity index (χ1v) is 7.40. The van der Waals surface area contributed by atoms with Crippen molar-refractivity contribution in [3.05, 3.63) is 48.0 Å². The van der Waals surface area contributed by atoms with Crippen LogP contribution in [0.15, 0.2) is 42.5 Å². The second-order valence-electron chi connectivity index (χ2n) is 4.86. The van der Waals surface area contributed by atoms with E-state index < -0.39 is 0 Å². The molecule has 2 aromatic rings. The highest BCUT2D eigenvalue weighted by Gasteiger charge is 2.10. The Balaban J connectivity index is 2.00. The number of anilines is 1. The average Bonchev–Trinajstić information content (AvgIpc) is 2.60. The lowest BCUT2D eigenvalue weighted by molar-refractivity contribution is -0.118. The molecule has 2 rings (SSSR count). The zero-order valence-electron chi connectivity index (χ0n) is 13.6. The van der Waals surface area contributed by atoms with Gasteiger partial charge in [-0.15, -0.1) is 0 Å². The minimum Gasteiger partial charge on any atom is -0.497 e. The van der Waals surface area contributed by atoms with Crippen LogP contribution in [0.4, 0.5) is 5.69 Å². The minimum atomic E-state index is -0.251. The van der Waals surface area contributed by atoms with Gasteiger partial charge >= 0.3 is 0 Å². The van der Waals surface area contributed by atoms with Gasteiger partial charge in [0, 0.05) is 6.07 Å². The van der Waals surface area contributed by atoms with Gasteiger partial charge in [-0.3, -0.25) is 4.79 Å². The Morgan fingerprint density at radius 1 is 1.04 bits per heavy atom. The SMILES string of the molecule is CCc1ccccc1OCC(=O)Nc1ccc(OC)cc1OC. The maximum atomic E-state index is 12.1. The third-order valence-electron chi connectivity index (χ3n) is 3.40. The van der Waals surface area contributed by atoms with Crippen molar-refractivity contribution in [2.45, 2.75) is 13.3 Å². The molecule has 0 saturated heterocycles. The van der Waals surface area contributed by atoms with Gasteiger partial charge in [0.1, 0.15) is 17.2 Å². The van der Waals surface area contributed by atoms with Crippen LogP contribution in [0.3, 0.4) is 0 Å². The summed E-state index contributed by atoms with van der Waals surface area (Å²) in [6.45, 7) is 1.98. The van der Waals surface area contributed by atoms with Gasteiger partial charge in [0.2, 0.25) is 0 Å².